The van der Waals surface area contributed by atoms with Crippen LogP contribution in [0.15, 0.2) is 85.2 Å². The standard InChI is InChI=1S/C29H29N5O2S/c1-19-9-4-5-11-24(19)33-16-8-12-25(33)28-27(23-10-6-7-15-30-23)32-29(37)34(28)21-13-14-22(20(2)17-21)31-26(35)18-36-3/h4-17,27-28H,18H2,1-3H3,(H,31,35)(H,32,37). The highest BCUT2D eigenvalue weighted by Gasteiger charge is 2.42. The van der Waals surface area contributed by atoms with Crippen LogP contribution in [-0.2, 0) is 9.53 Å². The largest absolute Gasteiger partial charge is 0.375 e. The number of anilines is 2. The number of hydrogen-bond donors (Lipinski definition) is 2. The summed E-state index contributed by atoms with van der Waals surface area (Å²) in [7, 11) is 1.50. The quantitative estimate of drug-likeness (QED) is 0.330. The first kappa shape index (κ1) is 24.7. The van der Waals surface area contributed by atoms with E-state index < -0.39 is 0 Å². The van der Waals surface area contributed by atoms with Crippen LogP contribution in [0.2, 0.25) is 0 Å². The van der Waals surface area contributed by atoms with Gasteiger partial charge in [-0.15, -0.1) is 0 Å². The highest BCUT2D eigenvalue weighted by atomic mass is 32.1. The molecule has 8 heteroatoms. The van der Waals surface area contributed by atoms with Gasteiger partial charge in [0, 0.05) is 42.3 Å². The molecule has 1 aliphatic heterocycles. The van der Waals surface area contributed by atoms with Crippen molar-refractivity contribution in [3.63, 3.8) is 0 Å². The van der Waals surface area contributed by atoms with Crippen LogP contribution in [-0.4, -0.2) is 34.3 Å². The first-order chi connectivity index (χ1) is 18.0. The van der Waals surface area contributed by atoms with Gasteiger partial charge in [-0.3, -0.25) is 9.78 Å². The Balaban J connectivity index is 1.60. The Hall–Kier alpha value is -4.01. The Kier molecular flexibility index (Phi) is 7.03. The third-order valence-electron chi connectivity index (χ3n) is 6.59. The lowest BCUT2D eigenvalue weighted by atomic mass is 10.00. The number of para-hydroxylation sites is 1. The van der Waals surface area contributed by atoms with Crippen molar-refractivity contribution >= 4 is 34.6 Å². The molecule has 37 heavy (non-hydrogen) atoms. The molecule has 3 heterocycles. The molecule has 0 aliphatic carbocycles. The van der Waals surface area contributed by atoms with Crippen LogP contribution in [0.4, 0.5) is 11.4 Å². The molecule has 0 bridgehead atoms. The van der Waals surface area contributed by atoms with Crippen LogP contribution >= 0.6 is 12.2 Å². The van der Waals surface area contributed by atoms with E-state index in [-0.39, 0.29) is 24.6 Å². The number of aromatic nitrogens is 2. The van der Waals surface area contributed by atoms with E-state index in [4.69, 9.17) is 17.0 Å². The summed E-state index contributed by atoms with van der Waals surface area (Å²) in [5, 5.41) is 7.05. The zero-order valence-electron chi connectivity index (χ0n) is 21.0. The molecule has 1 saturated heterocycles. The number of amides is 1. The van der Waals surface area contributed by atoms with Crippen molar-refractivity contribution in [1.29, 1.82) is 0 Å². The van der Waals surface area contributed by atoms with Gasteiger partial charge < -0.3 is 24.8 Å². The van der Waals surface area contributed by atoms with E-state index in [0.29, 0.717) is 5.11 Å². The minimum absolute atomic E-state index is 0.00500. The third kappa shape index (κ3) is 4.85. The lowest BCUT2D eigenvalue weighted by Gasteiger charge is -2.29. The molecule has 1 fully saturated rings. The summed E-state index contributed by atoms with van der Waals surface area (Å²) in [5.74, 6) is -0.194. The second kappa shape index (κ2) is 10.5. The van der Waals surface area contributed by atoms with Crippen molar-refractivity contribution in [2.75, 3.05) is 23.9 Å². The Morgan fingerprint density at radius 3 is 2.59 bits per heavy atom. The van der Waals surface area contributed by atoms with Gasteiger partial charge >= 0.3 is 0 Å². The van der Waals surface area contributed by atoms with Crippen molar-refractivity contribution in [1.82, 2.24) is 14.9 Å². The number of nitrogens with zero attached hydrogens (tertiary/aromatic N) is 3. The summed E-state index contributed by atoms with van der Waals surface area (Å²) in [6.07, 6.45) is 3.90. The first-order valence-electron chi connectivity index (χ1n) is 12.1. The van der Waals surface area contributed by atoms with Gasteiger partial charge in [0.1, 0.15) is 12.6 Å². The van der Waals surface area contributed by atoms with E-state index in [0.717, 1.165) is 34.0 Å². The molecule has 2 N–H and O–H groups in total. The van der Waals surface area contributed by atoms with Gasteiger partial charge in [0.2, 0.25) is 5.91 Å². The summed E-state index contributed by atoms with van der Waals surface area (Å²) in [6.45, 7) is 4.09. The summed E-state index contributed by atoms with van der Waals surface area (Å²) >= 11 is 5.91. The molecule has 5 rings (SSSR count). The Bertz CT molecular complexity index is 1440. The number of carbonyl (C=O) groups is 1. The number of pyridine rings is 1. The predicted molar refractivity (Wildman–Crippen MR) is 150 cm³/mol. The molecule has 188 valence electrons. The molecule has 0 radical (unpaired) electrons. The van der Waals surface area contributed by atoms with Gasteiger partial charge in [-0.05, 0) is 85.7 Å². The maximum atomic E-state index is 12.1. The fourth-order valence-corrected chi connectivity index (χ4v) is 5.22. The van der Waals surface area contributed by atoms with Crippen molar-refractivity contribution in [2.45, 2.75) is 25.9 Å². The Morgan fingerprint density at radius 2 is 1.86 bits per heavy atom. The zero-order chi connectivity index (χ0) is 25.9. The number of hydrogen-bond acceptors (Lipinski definition) is 4. The molecule has 0 saturated carbocycles. The SMILES string of the molecule is COCC(=O)Nc1ccc(N2C(=S)NC(c3ccccn3)C2c2cccn2-c2ccccc2C)cc1C. The van der Waals surface area contributed by atoms with Gasteiger partial charge in [-0.25, -0.2) is 0 Å². The summed E-state index contributed by atoms with van der Waals surface area (Å²) in [6, 6.07) is 24.1. The van der Waals surface area contributed by atoms with Gasteiger partial charge in [-0.1, -0.05) is 24.3 Å². The molecule has 4 aromatic rings. The molecular weight excluding hydrogens is 482 g/mol. The highest BCUT2D eigenvalue weighted by molar-refractivity contribution is 7.80. The highest BCUT2D eigenvalue weighted by Crippen LogP contribution is 2.43. The Morgan fingerprint density at radius 1 is 1.05 bits per heavy atom. The second-order valence-corrected chi connectivity index (χ2v) is 9.45. The minimum Gasteiger partial charge on any atom is -0.375 e. The van der Waals surface area contributed by atoms with Crippen LogP contribution in [0.3, 0.4) is 0 Å². The smallest absolute Gasteiger partial charge is 0.250 e. The van der Waals surface area contributed by atoms with Crippen molar-refractivity contribution in [2.24, 2.45) is 0 Å². The zero-order valence-corrected chi connectivity index (χ0v) is 21.8. The second-order valence-electron chi connectivity index (χ2n) is 9.07. The summed E-state index contributed by atoms with van der Waals surface area (Å²) in [5.41, 5.74) is 6.90. The van der Waals surface area contributed by atoms with Crippen molar-refractivity contribution in [3.05, 3.63) is 108 Å². The number of benzene rings is 2. The lowest BCUT2D eigenvalue weighted by molar-refractivity contribution is -0.119. The first-order valence-corrected chi connectivity index (χ1v) is 12.5. The van der Waals surface area contributed by atoms with Crippen molar-refractivity contribution < 1.29 is 9.53 Å². The van der Waals surface area contributed by atoms with Crippen LogP contribution in [0.5, 0.6) is 0 Å². The number of thiocarbonyl (C=S) groups is 1. The lowest BCUT2D eigenvalue weighted by Crippen LogP contribution is -2.30. The molecular formula is C29H29N5O2S. The normalized spacial score (nSPS) is 17.1. The summed E-state index contributed by atoms with van der Waals surface area (Å²) < 4.78 is 7.17. The number of rotatable bonds is 7. The van der Waals surface area contributed by atoms with Crippen LogP contribution < -0.4 is 15.5 Å². The molecule has 0 spiro atoms. The topological polar surface area (TPSA) is 71.4 Å². The minimum atomic E-state index is -0.194. The van der Waals surface area contributed by atoms with E-state index in [2.05, 4.69) is 68.5 Å². The fraction of sp³-hybridized carbons (Fsp3) is 0.207. The molecule has 1 aliphatic rings. The number of nitrogens with one attached hydrogen (secondary N) is 2. The van der Waals surface area contributed by atoms with E-state index in [9.17, 15) is 4.79 Å². The molecule has 7 nitrogen and oxygen atoms in total. The molecule has 2 aromatic heterocycles. The monoisotopic (exact) mass is 511 g/mol. The van der Waals surface area contributed by atoms with E-state index in [1.165, 1.54) is 12.7 Å². The van der Waals surface area contributed by atoms with E-state index in [1.807, 2.05) is 55.6 Å². The number of aryl methyl sites for hydroxylation is 2. The van der Waals surface area contributed by atoms with Crippen molar-refractivity contribution in [3.8, 4) is 5.69 Å². The molecule has 2 unspecified atom stereocenters. The maximum absolute atomic E-state index is 12.1. The average molecular weight is 512 g/mol. The van der Waals surface area contributed by atoms with Gasteiger partial charge in [0.15, 0.2) is 5.11 Å². The van der Waals surface area contributed by atoms with Gasteiger partial charge in [0.25, 0.3) is 0 Å². The average Bonchev–Trinajstić information content (AvgIpc) is 3.50. The fourth-order valence-electron chi connectivity index (χ4n) is 4.88. The van der Waals surface area contributed by atoms with E-state index >= 15 is 0 Å². The Labute approximate surface area is 222 Å². The predicted octanol–water partition coefficient (Wildman–Crippen LogP) is 5.25. The number of methoxy groups -OCH3 is 1. The van der Waals surface area contributed by atoms with Gasteiger partial charge in [-0.2, -0.15) is 0 Å². The van der Waals surface area contributed by atoms with Crippen LogP contribution in [0.25, 0.3) is 5.69 Å². The third-order valence-corrected chi connectivity index (χ3v) is 6.91. The molecule has 2 atom stereocenters. The number of ether oxygens (including phenoxy) is 1. The van der Waals surface area contributed by atoms with E-state index in [1.54, 1.807) is 0 Å². The maximum Gasteiger partial charge on any atom is 0.250 e. The van der Waals surface area contributed by atoms with Crippen LogP contribution in [0, 0.1) is 13.8 Å². The number of carbonyl (C=O) groups excluding carboxylic acids is 1. The van der Waals surface area contributed by atoms with Gasteiger partial charge in [0.05, 0.1) is 11.7 Å². The summed E-state index contributed by atoms with van der Waals surface area (Å²) in [4.78, 5) is 18.9. The molecule has 1 amide bonds. The van der Waals surface area contributed by atoms with Crippen LogP contribution in [0.1, 0.15) is 34.6 Å². The molecule has 2 aromatic carbocycles.